The van der Waals surface area contributed by atoms with E-state index in [0.717, 1.165) is 12.0 Å². The molecule has 0 unspecified atom stereocenters. The number of hydrogen-bond donors (Lipinski definition) is 0. The highest BCUT2D eigenvalue weighted by molar-refractivity contribution is 5.65. The van der Waals surface area contributed by atoms with Gasteiger partial charge in [0.2, 0.25) is 0 Å². The zero-order chi connectivity index (χ0) is 10.2. The summed E-state index contributed by atoms with van der Waals surface area (Å²) in [6.45, 7) is 1.87. The fourth-order valence-corrected chi connectivity index (χ4v) is 1.09. The molecule has 14 heavy (non-hydrogen) atoms. The number of rotatable bonds is 3. The minimum atomic E-state index is -0.226. The van der Waals surface area contributed by atoms with Crippen LogP contribution in [0.15, 0.2) is 48.1 Å². The van der Waals surface area contributed by atoms with Crippen molar-refractivity contribution >= 4 is 5.97 Å². The van der Waals surface area contributed by atoms with Gasteiger partial charge >= 0.3 is 5.97 Å². The molecule has 0 amide bonds. The topological polar surface area (TPSA) is 26.3 Å². The lowest BCUT2D eigenvalue weighted by Crippen LogP contribution is -2.00. The van der Waals surface area contributed by atoms with E-state index in [1.165, 1.54) is 6.92 Å². The summed E-state index contributed by atoms with van der Waals surface area (Å²) in [5, 5.41) is 0. The maximum absolute atomic E-state index is 10.5. The molecule has 0 aliphatic heterocycles. The van der Waals surface area contributed by atoms with E-state index in [1.54, 1.807) is 0 Å². The average molecular weight is 190 g/mol. The monoisotopic (exact) mass is 190 g/mol. The van der Waals surface area contributed by atoms with Gasteiger partial charge in [-0.3, -0.25) is 4.79 Å². The lowest BCUT2D eigenvalue weighted by atomic mass is 10.1. The van der Waals surface area contributed by atoms with Crippen molar-refractivity contribution < 1.29 is 9.53 Å². The number of carbonyl (C=O) groups is 1. The summed E-state index contributed by atoms with van der Waals surface area (Å²) in [7, 11) is 0. The van der Waals surface area contributed by atoms with E-state index >= 15 is 0 Å². The maximum atomic E-state index is 10.5. The van der Waals surface area contributed by atoms with Crippen molar-refractivity contribution in [2.24, 2.45) is 0 Å². The summed E-state index contributed by atoms with van der Waals surface area (Å²) in [4.78, 5) is 10.5. The van der Waals surface area contributed by atoms with Crippen LogP contribution in [-0.4, -0.2) is 12.6 Å². The van der Waals surface area contributed by atoms with Crippen LogP contribution in [0.4, 0.5) is 0 Å². The second kappa shape index (κ2) is 5.97. The molecular formula is C12H14O2. The third kappa shape index (κ3) is 4.45. The van der Waals surface area contributed by atoms with Crippen LogP contribution in [0.1, 0.15) is 13.3 Å². The molecule has 74 valence electrons. The molecule has 0 spiro atoms. The first-order valence-electron chi connectivity index (χ1n) is 4.63. The number of hydrogen-bond acceptors (Lipinski definition) is 2. The molecule has 2 nitrogen and oxygen atoms in total. The highest BCUT2D eigenvalue weighted by Crippen LogP contribution is 2.06. The quantitative estimate of drug-likeness (QED) is 0.639. The summed E-state index contributed by atoms with van der Waals surface area (Å²) in [6.07, 6.45) is 14.6. The Kier molecular flexibility index (Phi) is 4.48. The Bertz CT molecular complexity index is 306. The first kappa shape index (κ1) is 10.5. The summed E-state index contributed by atoms with van der Waals surface area (Å²) in [5.41, 5.74) is 1.16. The van der Waals surface area contributed by atoms with Crippen LogP contribution in [0.3, 0.4) is 0 Å². The van der Waals surface area contributed by atoms with Crippen molar-refractivity contribution in [2.75, 3.05) is 6.61 Å². The Balaban J connectivity index is 2.39. The Morgan fingerprint density at radius 2 is 1.93 bits per heavy atom. The fourth-order valence-electron chi connectivity index (χ4n) is 1.09. The van der Waals surface area contributed by atoms with E-state index in [2.05, 4.69) is 0 Å². The lowest BCUT2D eigenvalue weighted by molar-refractivity contribution is -0.140. The number of carbonyl (C=O) groups excluding carboxylic acids is 1. The van der Waals surface area contributed by atoms with Gasteiger partial charge < -0.3 is 4.74 Å². The third-order valence-electron chi connectivity index (χ3n) is 1.76. The molecule has 0 radical (unpaired) electrons. The van der Waals surface area contributed by atoms with Crippen molar-refractivity contribution in [3.05, 3.63) is 48.1 Å². The molecular weight excluding hydrogens is 176 g/mol. The van der Waals surface area contributed by atoms with Gasteiger partial charge in [-0.25, -0.2) is 0 Å². The maximum Gasteiger partial charge on any atom is 0.302 e. The van der Waals surface area contributed by atoms with E-state index in [9.17, 15) is 4.79 Å². The standard InChI is InChI=1S/C12H14O2/c1-11(13)14-10-9-12-7-5-3-2-4-6-8-12/h2-8H,9-10H2,1H3. The zero-order valence-corrected chi connectivity index (χ0v) is 8.27. The molecule has 0 atom stereocenters. The summed E-state index contributed by atoms with van der Waals surface area (Å²) in [6, 6.07) is 0. The van der Waals surface area contributed by atoms with Gasteiger partial charge in [0.15, 0.2) is 0 Å². The van der Waals surface area contributed by atoms with Crippen molar-refractivity contribution in [2.45, 2.75) is 13.3 Å². The van der Waals surface area contributed by atoms with Crippen molar-refractivity contribution in [3.63, 3.8) is 0 Å². The number of ether oxygens (including phenoxy) is 1. The van der Waals surface area contributed by atoms with Gasteiger partial charge in [0.1, 0.15) is 0 Å². The molecule has 0 fully saturated rings. The molecule has 0 N–H and O–H groups in total. The Morgan fingerprint density at radius 1 is 1.21 bits per heavy atom. The van der Waals surface area contributed by atoms with Crippen molar-refractivity contribution in [1.82, 2.24) is 0 Å². The van der Waals surface area contributed by atoms with Gasteiger partial charge in [-0.05, 0) is 5.57 Å². The Morgan fingerprint density at radius 3 is 2.71 bits per heavy atom. The van der Waals surface area contributed by atoms with Crippen LogP contribution in [0.25, 0.3) is 0 Å². The minimum Gasteiger partial charge on any atom is -0.466 e. The number of esters is 1. The van der Waals surface area contributed by atoms with Crippen LogP contribution in [0.5, 0.6) is 0 Å². The van der Waals surface area contributed by atoms with Gasteiger partial charge in [0.05, 0.1) is 6.61 Å². The van der Waals surface area contributed by atoms with Crippen LogP contribution in [0.2, 0.25) is 0 Å². The predicted octanol–water partition coefficient (Wildman–Crippen LogP) is 2.55. The molecule has 0 aromatic carbocycles. The predicted molar refractivity (Wildman–Crippen MR) is 56.8 cm³/mol. The largest absolute Gasteiger partial charge is 0.466 e. The first-order chi connectivity index (χ1) is 6.79. The molecule has 1 aliphatic rings. The van der Waals surface area contributed by atoms with Crippen LogP contribution >= 0.6 is 0 Å². The second-order valence-electron chi connectivity index (χ2n) is 2.96. The fraction of sp³-hybridized carbons (Fsp3) is 0.250. The van der Waals surface area contributed by atoms with E-state index in [1.807, 2.05) is 42.5 Å². The Labute approximate surface area is 84.3 Å². The summed E-state index contributed by atoms with van der Waals surface area (Å²) < 4.78 is 4.86. The smallest absolute Gasteiger partial charge is 0.302 e. The highest BCUT2D eigenvalue weighted by Gasteiger charge is 1.95. The van der Waals surface area contributed by atoms with E-state index in [4.69, 9.17) is 4.74 Å². The molecule has 0 heterocycles. The number of allylic oxidation sites excluding steroid dienone is 7. The van der Waals surface area contributed by atoms with Gasteiger partial charge in [-0.1, -0.05) is 42.5 Å². The highest BCUT2D eigenvalue weighted by atomic mass is 16.5. The van der Waals surface area contributed by atoms with Gasteiger partial charge in [-0.2, -0.15) is 0 Å². The third-order valence-corrected chi connectivity index (χ3v) is 1.76. The van der Waals surface area contributed by atoms with Gasteiger partial charge in [-0.15, -0.1) is 0 Å². The van der Waals surface area contributed by atoms with Gasteiger partial charge in [0, 0.05) is 13.3 Å². The minimum absolute atomic E-state index is 0.226. The molecule has 2 heteroatoms. The second-order valence-corrected chi connectivity index (χ2v) is 2.96. The van der Waals surface area contributed by atoms with Gasteiger partial charge in [0.25, 0.3) is 0 Å². The lowest BCUT2D eigenvalue weighted by Gasteiger charge is -2.02. The molecule has 0 aromatic rings. The van der Waals surface area contributed by atoms with Crippen molar-refractivity contribution in [3.8, 4) is 0 Å². The summed E-state index contributed by atoms with van der Waals surface area (Å²) >= 11 is 0. The first-order valence-corrected chi connectivity index (χ1v) is 4.63. The zero-order valence-electron chi connectivity index (χ0n) is 8.27. The molecule has 1 aliphatic carbocycles. The van der Waals surface area contributed by atoms with Crippen molar-refractivity contribution in [1.29, 1.82) is 0 Å². The van der Waals surface area contributed by atoms with E-state index < -0.39 is 0 Å². The molecule has 0 saturated heterocycles. The van der Waals surface area contributed by atoms with Crippen LogP contribution < -0.4 is 0 Å². The average Bonchev–Trinajstić information content (AvgIpc) is 2.07. The molecule has 0 bridgehead atoms. The molecule has 0 saturated carbocycles. The van der Waals surface area contributed by atoms with E-state index in [-0.39, 0.29) is 5.97 Å². The van der Waals surface area contributed by atoms with Crippen LogP contribution in [0, 0.1) is 0 Å². The SMILES string of the molecule is CC(=O)OCCC1=CC=CC=CC=C1. The van der Waals surface area contributed by atoms with Crippen LogP contribution in [-0.2, 0) is 9.53 Å². The molecule has 1 rings (SSSR count). The van der Waals surface area contributed by atoms with E-state index in [0.29, 0.717) is 6.61 Å². The normalized spacial score (nSPS) is 14.5. The Hall–Kier alpha value is -1.57. The molecule has 0 aromatic heterocycles. The summed E-state index contributed by atoms with van der Waals surface area (Å²) in [5.74, 6) is -0.226.